The van der Waals surface area contributed by atoms with E-state index in [1.165, 1.54) is 16.7 Å². The molecular weight excluding hydrogens is 380 g/mol. The third kappa shape index (κ3) is 2.86. The molecule has 2 aromatic heterocycles. The molecule has 146 valence electrons. The van der Waals surface area contributed by atoms with Crippen LogP contribution < -0.4 is 10.6 Å². The first kappa shape index (κ1) is 18.1. The zero-order chi connectivity index (χ0) is 20.0. The fourth-order valence-electron chi connectivity index (χ4n) is 4.02. The van der Waals surface area contributed by atoms with Gasteiger partial charge < -0.3 is 10.6 Å². The largest absolute Gasteiger partial charge is 0.356 e. The molecule has 1 aliphatic heterocycles. The molecule has 0 aliphatic carbocycles. The van der Waals surface area contributed by atoms with Gasteiger partial charge in [-0.05, 0) is 36.1 Å². The Labute approximate surface area is 173 Å². The molecular formula is C23H22N4OS. The van der Waals surface area contributed by atoms with E-state index in [9.17, 15) is 4.79 Å². The van der Waals surface area contributed by atoms with E-state index in [-0.39, 0.29) is 11.8 Å². The van der Waals surface area contributed by atoms with Gasteiger partial charge in [-0.25, -0.2) is 4.98 Å². The molecule has 5 rings (SSSR count). The maximum Gasteiger partial charge on any atom is 0.222 e. The summed E-state index contributed by atoms with van der Waals surface area (Å²) in [6, 6.07) is 10.4. The lowest BCUT2D eigenvalue weighted by Crippen LogP contribution is -2.30. The third-order valence-corrected chi connectivity index (χ3v) is 6.67. The van der Waals surface area contributed by atoms with Gasteiger partial charge in [-0.2, -0.15) is 0 Å². The second kappa shape index (κ2) is 7.12. The predicted octanol–water partition coefficient (Wildman–Crippen LogP) is 5.27. The molecule has 4 aromatic rings. The second-order valence-corrected chi connectivity index (χ2v) is 8.34. The van der Waals surface area contributed by atoms with Crippen LogP contribution in [-0.2, 0) is 11.2 Å². The van der Waals surface area contributed by atoms with E-state index in [1.54, 1.807) is 11.3 Å². The van der Waals surface area contributed by atoms with E-state index in [1.807, 2.05) is 31.6 Å². The molecule has 0 bridgehead atoms. The van der Waals surface area contributed by atoms with E-state index in [2.05, 4.69) is 44.9 Å². The number of amides is 1. The van der Waals surface area contributed by atoms with Gasteiger partial charge in [0.25, 0.3) is 0 Å². The SMILES string of the molecule is CCC(C)C(=O)NCCc1c2c3c(ccnc3c3ncsc13)-c1ccccc1N2. The van der Waals surface area contributed by atoms with Gasteiger partial charge in [-0.15, -0.1) is 11.3 Å². The minimum Gasteiger partial charge on any atom is -0.356 e. The summed E-state index contributed by atoms with van der Waals surface area (Å²) < 4.78 is 1.14. The summed E-state index contributed by atoms with van der Waals surface area (Å²) >= 11 is 1.64. The maximum atomic E-state index is 12.2. The monoisotopic (exact) mass is 402 g/mol. The highest BCUT2D eigenvalue weighted by molar-refractivity contribution is 7.17. The molecule has 0 fully saturated rings. The minimum atomic E-state index is 0.0363. The van der Waals surface area contributed by atoms with Crippen LogP contribution in [0, 0.1) is 5.92 Å². The fraction of sp³-hybridized carbons (Fsp3) is 0.261. The molecule has 1 atom stereocenters. The number of benzene rings is 2. The summed E-state index contributed by atoms with van der Waals surface area (Å²) in [4.78, 5) is 21.5. The molecule has 0 spiro atoms. The van der Waals surface area contributed by atoms with Crippen LogP contribution in [0.25, 0.3) is 32.2 Å². The lowest BCUT2D eigenvalue weighted by atomic mass is 9.91. The summed E-state index contributed by atoms with van der Waals surface area (Å²) in [5.41, 5.74) is 9.51. The minimum absolute atomic E-state index is 0.0363. The molecule has 0 radical (unpaired) electrons. The molecule has 29 heavy (non-hydrogen) atoms. The average Bonchev–Trinajstić information content (AvgIpc) is 3.25. The van der Waals surface area contributed by atoms with Gasteiger partial charge >= 0.3 is 0 Å². The average molecular weight is 403 g/mol. The summed E-state index contributed by atoms with van der Waals surface area (Å²) in [5.74, 6) is 0.150. The van der Waals surface area contributed by atoms with Crippen molar-refractivity contribution in [2.75, 3.05) is 11.9 Å². The maximum absolute atomic E-state index is 12.2. The Morgan fingerprint density at radius 1 is 1.17 bits per heavy atom. The van der Waals surface area contributed by atoms with Crippen molar-refractivity contribution in [1.29, 1.82) is 0 Å². The van der Waals surface area contributed by atoms with Crippen LogP contribution in [0.1, 0.15) is 25.8 Å². The lowest BCUT2D eigenvalue weighted by molar-refractivity contribution is -0.124. The Morgan fingerprint density at radius 2 is 2.03 bits per heavy atom. The van der Waals surface area contributed by atoms with Crippen molar-refractivity contribution in [2.45, 2.75) is 26.7 Å². The lowest BCUT2D eigenvalue weighted by Gasteiger charge is -2.25. The number of fused-ring (bicyclic) bond motifs is 4. The molecule has 2 N–H and O–H groups in total. The topological polar surface area (TPSA) is 66.9 Å². The first-order valence-corrected chi connectivity index (χ1v) is 10.9. The molecule has 3 heterocycles. The first-order chi connectivity index (χ1) is 14.2. The van der Waals surface area contributed by atoms with Crippen LogP contribution in [-0.4, -0.2) is 22.4 Å². The van der Waals surface area contributed by atoms with Crippen LogP contribution in [0.3, 0.4) is 0 Å². The number of para-hydroxylation sites is 1. The van der Waals surface area contributed by atoms with E-state index in [4.69, 9.17) is 0 Å². The number of pyridine rings is 1. The smallest absolute Gasteiger partial charge is 0.222 e. The number of nitrogens with one attached hydrogen (secondary N) is 2. The van der Waals surface area contributed by atoms with Gasteiger partial charge in [0.2, 0.25) is 5.91 Å². The zero-order valence-corrected chi connectivity index (χ0v) is 17.3. The highest BCUT2D eigenvalue weighted by atomic mass is 32.1. The van der Waals surface area contributed by atoms with Gasteiger partial charge in [0.05, 0.1) is 15.9 Å². The molecule has 1 unspecified atom stereocenters. The number of thiazole rings is 1. The Bertz CT molecular complexity index is 1250. The van der Waals surface area contributed by atoms with Crippen molar-refractivity contribution < 1.29 is 4.79 Å². The fourth-order valence-corrected chi connectivity index (χ4v) is 4.89. The summed E-state index contributed by atoms with van der Waals surface area (Å²) in [7, 11) is 0. The van der Waals surface area contributed by atoms with E-state index >= 15 is 0 Å². The zero-order valence-electron chi connectivity index (χ0n) is 16.5. The van der Waals surface area contributed by atoms with E-state index in [0.717, 1.165) is 45.3 Å². The number of carbonyl (C=O) groups excluding carboxylic acids is 1. The van der Waals surface area contributed by atoms with Crippen molar-refractivity contribution in [1.82, 2.24) is 15.3 Å². The van der Waals surface area contributed by atoms with Gasteiger partial charge in [0.1, 0.15) is 11.0 Å². The predicted molar refractivity (Wildman–Crippen MR) is 120 cm³/mol. The van der Waals surface area contributed by atoms with Crippen molar-refractivity contribution >= 4 is 49.7 Å². The van der Waals surface area contributed by atoms with Crippen molar-refractivity contribution in [3.63, 3.8) is 0 Å². The van der Waals surface area contributed by atoms with Crippen LogP contribution in [0.2, 0.25) is 0 Å². The van der Waals surface area contributed by atoms with Crippen LogP contribution >= 0.6 is 11.3 Å². The Hall–Kier alpha value is -2.99. The first-order valence-electron chi connectivity index (χ1n) is 10.00. The Balaban J connectivity index is 1.65. The normalized spacial score (nSPS) is 13.2. The van der Waals surface area contributed by atoms with Gasteiger partial charge in [0, 0.05) is 35.3 Å². The molecule has 2 aromatic carbocycles. The number of hydrogen-bond donors (Lipinski definition) is 2. The molecule has 0 saturated carbocycles. The van der Waals surface area contributed by atoms with E-state index < -0.39 is 0 Å². The van der Waals surface area contributed by atoms with Gasteiger partial charge in [0.15, 0.2) is 0 Å². The van der Waals surface area contributed by atoms with Crippen molar-refractivity contribution in [3.05, 3.63) is 47.6 Å². The molecule has 5 nitrogen and oxygen atoms in total. The number of anilines is 2. The van der Waals surface area contributed by atoms with Crippen molar-refractivity contribution in [3.8, 4) is 11.1 Å². The number of rotatable bonds is 5. The quantitative estimate of drug-likeness (QED) is 0.420. The highest BCUT2D eigenvalue weighted by Gasteiger charge is 2.25. The second-order valence-electron chi connectivity index (χ2n) is 7.49. The number of aromatic nitrogens is 2. The number of hydrogen-bond acceptors (Lipinski definition) is 5. The Morgan fingerprint density at radius 3 is 2.90 bits per heavy atom. The molecule has 1 aliphatic rings. The third-order valence-electron chi connectivity index (χ3n) is 5.78. The summed E-state index contributed by atoms with van der Waals surface area (Å²) in [6.07, 6.45) is 3.46. The standard InChI is InChI=1S/C23H22N4OS/c1-3-13(2)23(28)25-11-9-16-19-18-15(14-6-4-5-7-17(14)27-19)8-10-24-20(18)21-22(16)29-12-26-21/h4-8,10,12-13,27H,3,9,11H2,1-2H3,(H,25,28). The molecule has 0 saturated heterocycles. The van der Waals surface area contributed by atoms with Gasteiger partial charge in [-0.3, -0.25) is 9.78 Å². The van der Waals surface area contributed by atoms with Crippen molar-refractivity contribution in [2.24, 2.45) is 5.92 Å². The highest BCUT2D eigenvalue weighted by Crippen LogP contribution is 2.47. The molecule has 1 amide bonds. The van der Waals surface area contributed by atoms with E-state index in [0.29, 0.717) is 6.54 Å². The number of carbonyl (C=O) groups is 1. The summed E-state index contributed by atoms with van der Waals surface area (Å²) in [5, 5.41) is 7.86. The van der Waals surface area contributed by atoms with Crippen LogP contribution in [0.15, 0.2) is 42.0 Å². The van der Waals surface area contributed by atoms with Gasteiger partial charge in [-0.1, -0.05) is 32.0 Å². The molecule has 6 heteroatoms. The number of nitrogens with zero attached hydrogens (tertiary/aromatic N) is 2. The van der Waals surface area contributed by atoms with Crippen LogP contribution in [0.4, 0.5) is 11.4 Å². The Kier molecular flexibility index (Phi) is 4.43. The van der Waals surface area contributed by atoms with Crippen LogP contribution in [0.5, 0.6) is 0 Å². The summed E-state index contributed by atoms with van der Waals surface area (Å²) in [6.45, 7) is 4.61.